The topological polar surface area (TPSA) is 46.2 Å². The molecule has 3 atom stereocenters. The van der Waals surface area contributed by atoms with Gasteiger partial charge in [0.2, 0.25) is 0 Å². The highest BCUT2D eigenvalue weighted by Crippen LogP contribution is 2.38. The predicted molar refractivity (Wildman–Crippen MR) is 79.3 cm³/mol. The molecular weight excluding hydrogens is 298 g/mol. The van der Waals surface area contributed by atoms with Gasteiger partial charge < -0.3 is 10.8 Å². The van der Waals surface area contributed by atoms with Crippen LogP contribution in [-0.2, 0) is 0 Å². The summed E-state index contributed by atoms with van der Waals surface area (Å²) in [5, 5.41) is 9.62. The summed E-state index contributed by atoms with van der Waals surface area (Å²) in [4.78, 5) is 0. The first-order valence-electron chi connectivity index (χ1n) is 5.82. The fourth-order valence-electron chi connectivity index (χ4n) is 1.69. The lowest BCUT2D eigenvalue weighted by Crippen LogP contribution is -2.24. The van der Waals surface area contributed by atoms with Gasteiger partial charge in [0, 0.05) is 27.6 Å². The summed E-state index contributed by atoms with van der Waals surface area (Å²) in [7, 11) is 0. The van der Waals surface area contributed by atoms with Crippen LogP contribution in [0.15, 0.2) is 28.7 Å². The quantitative estimate of drug-likeness (QED) is 0.845. The van der Waals surface area contributed by atoms with Crippen LogP contribution in [0.2, 0.25) is 0 Å². The lowest BCUT2D eigenvalue weighted by atomic mass is 10.1. The number of aliphatic hydroxyl groups excluding tert-OH is 1. The molecule has 0 aliphatic carbocycles. The van der Waals surface area contributed by atoms with E-state index in [0.717, 1.165) is 10.9 Å². The van der Waals surface area contributed by atoms with E-state index >= 15 is 0 Å². The maximum absolute atomic E-state index is 8.96. The molecule has 0 heterocycles. The molecule has 0 saturated carbocycles. The Hall–Kier alpha value is -0.0300. The summed E-state index contributed by atoms with van der Waals surface area (Å²) in [5.74, 6) is 0. The van der Waals surface area contributed by atoms with Gasteiger partial charge in [0.1, 0.15) is 0 Å². The van der Waals surface area contributed by atoms with Crippen molar-refractivity contribution >= 4 is 27.7 Å². The number of rotatable bonds is 6. The lowest BCUT2D eigenvalue weighted by molar-refractivity contribution is 0.288. The molecule has 0 fully saturated rings. The normalized spacial score (nSPS) is 16.5. The average molecular weight is 318 g/mol. The molecule has 1 aromatic carbocycles. The fraction of sp³-hybridized carbons (Fsp3) is 0.538. The Morgan fingerprint density at radius 3 is 2.53 bits per heavy atom. The minimum atomic E-state index is 0.0832. The van der Waals surface area contributed by atoms with Gasteiger partial charge in [0.05, 0.1) is 0 Å². The Balaban J connectivity index is 2.83. The van der Waals surface area contributed by atoms with Crippen molar-refractivity contribution in [2.45, 2.75) is 36.8 Å². The van der Waals surface area contributed by atoms with Crippen molar-refractivity contribution in [3.05, 3.63) is 34.3 Å². The molecule has 4 heteroatoms. The van der Waals surface area contributed by atoms with Crippen LogP contribution in [0.3, 0.4) is 0 Å². The molecule has 0 amide bonds. The van der Waals surface area contributed by atoms with E-state index in [9.17, 15) is 0 Å². The van der Waals surface area contributed by atoms with Crippen molar-refractivity contribution in [1.82, 2.24) is 0 Å². The van der Waals surface area contributed by atoms with E-state index < -0.39 is 0 Å². The summed E-state index contributed by atoms with van der Waals surface area (Å²) < 4.78 is 1.10. The van der Waals surface area contributed by atoms with Gasteiger partial charge in [-0.25, -0.2) is 0 Å². The molecule has 0 radical (unpaired) electrons. The van der Waals surface area contributed by atoms with Crippen LogP contribution in [-0.4, -0.2) is 23.0 Å². The van der Waals surface area contributed by atoms with Gasteiger partial charge in [-0.3, -0.25) is 0 Å². The first kappa shape index (κ1) is 15.0. The summed E-state index contributed by atoms with van der Waals surface area (Å²) in [6, 6.07) is 8.28. The Labute approximate surface area is 116 Å². The lowest BCUT2D eigenvalue weighted by Gasteiger charge is -2.25. The van der Waals surface area contributed by atoms with Gasteiger partial charge >= 0.3 is 0 Å². The maximum Gasteiger partial charge on any atom is 0.0459 e. The minimum absolute atomic E-state index is 0.0832. The van der Waals surface area contributed by atoms with E-state index in [1.165, 1.54) is 5.56 Å². The Morgan fingerprint density at radius 1 is 1.35 bits per heavy atom. The molecule has 1 aromatic rings. The summed E-state index contributed by atoms with van der Waals surface area (Å²) in [5.41, 5.74) is 7.31. The van der Waals surface area contributed by atoms with Crippen LogP contribution in [0.5, 0.6) is 0 Å². The minimum Gasteiger partial charge on any atom is -0.396 e. The summed E-state index contributed by atoms with van der Waals surface area (Å²) >= 11 is 5.41. The van der Waals surface area contributed by atoms with Gasteiger partial charge in [-0.05, 0) is 25.0 Å². The number of hydrogen-bond acceptors (Lipinski definition) is 3. The molecule has 2 nitrogen and oxygen atoms in total. The number of thioether (sulfide) groups is 1. The molecule has 0 aliphatic heterocycles. The highest BCUT2D eigenvalue weighted by atomic mass is 79.9. The largest absolute Gasteiger partial charge is 0.396 e. The zero-order valence-electron chi connectivity index (χ0n) is 10.3. The molecule has 3 N–H and O–H groups in total. The number of halogens is 1. The van der Waals surface area contributed by atoms with Crippen LogP contribution >= 0.6 is 27.7 Å². The Kier molecular flexibility index (Phi) is 6.55. The zero-order valence-corrected chi connectivity index (χ0v) is 12.7. The highest BCUT2D eigenvalue weighted by molar-refractivity contribution is 9.10. The smallest absolute Gasteiger partial charge is 0.0459 e. The molecule has 0 aromatic heterocycles. The van der Waals surface area contributed by atoms with Crippen LogP contribution in [0, 0.1) is 0 Å². The first-order chi connectivity index (χ1) is 8.06. The third kappa shape index (κ3) is 4.62. The van der Waals surface area contributed by atoms with Gasteiger partial charge in [-0.15, -0.1) is 11.8 Å². The number of aliphatic hydroxyl groups is 1. The summed E-state index contributed by atoms with van der Waals surface area (Å²) in [6.45, 7) is 4.39. The molecule has 0 saturated heterocycles. The zero-order chi connectivity index (χ0) is 12.8. The average Bonchev–Trinajstić information content (AvgIpc) is 2.27. The molecule has 3 unspecified atom stereocenters. The van der Waals surface area contributed by atoms with Gasteiger partial charge in [0.15, 0.2) is 0 Å². The van der Waals surface area contributed by atoms with E-state index in [2.05, 4.69) is 28.9 Å². The monoisotopic (exact) mass is 317 g/mol. The summed E-state index contributed by atoms with van der Waals surface area (Å²) in [6.07, 6.45) is 0.804. The third-order valence-corrected chi connectivity index (χ3v) is 5.00. The Morgan fingerprint density at radius 2 is 2.00 bits per heavy atom. The maximum atomic E-state index is 8.96. The molecular formula is C13H20BrNOS. The highest BCUT2D eigenvalue weighted by Gasteiger charge is 2.21. The number of benzene rings is 1. The van der Waals surface area contributed by atoms with E-state index in [-0.39, 0.29) is 17.9 Å². The van der Waals surface area contributed by atoms with Crippen LogP contribution in [0.1, 0.15) is 31.1 Å². The van der Waals surface area contributed by atoms with Crippen LogP contribution in [0.25, 0.3) is 0 Å². The van der Waals surface area contributed by atoms with Gasteiger partial charge in [0.25, 0.3) is 0 Å². The van der Waals surface area contributed by atoms with E-state index in [0.29, 0.717) is 5.25 Å². The fourth-order valence-corrected chi connectivity index (χ4v) is 3.71. The molecule has 17 heavy (non-hydrogen) atoms. The van der Waals surface area contributed by atoms with E-state index in [1.807, 2.05) is 36.9 Å². The van der Waals surface area contributed by atoms with Gasteiger partial charge in [-0.1, -0.05) is 41.1 Å². The molecule has 0 spiro atoms. The van der Waals surface area contributed by atoms with Crippen molar-refractivity contribution < 1.29 is 5.11 Å². The second-order valence-electron chi connectivity index (χ2n) is 4.26. The van der Waals surface area contributed by atoms with E-state index in [1.54, 1.807) is 0 Å². The second-order valence-corrected chi connectivity index (χ2v) is 6.70. The van der Waals surface area contributed by atoms with Crippen molar-refractivity contribution in [2.24, 2.45) is 5.73 Å². The van der Waals surface area contributed by atoms with Crippen LogP contribution < -0.4 is 5.73 Å². The van der Waals surface area contributed by atoms with Crippen molar-refractivity contribution in [1.29, 1.82) is 0 Å². The van der Waals surface area contributed by atoms with Crippen LogP contribution in [0.4, 0.5) is 0 Å². The molecule has 0 aliphatic rings. The number of nitrogens with two attached hydrogens (primary N) is 1. The van der Waals surface area contributed by atoms with Crippen molar-refractivity contribution in [3.63, 3.8) is 0 Å². The van der Waals surface area contributed by atoms with E-state index in [4.69, 9.17) is 10.8 Å². The van der Waals surface area contributed by atoms with Crippen molar-refractivity contribution in [3.8, 4) is 0 Å². The molecule has 1 rings (SSSR count). The SMILES string of the molecule is CC(CCO)SC(c1ccccc1Br)C(C)N. The first-order valence-corrected chi connectivity index (χ1v) is 7.56. The van der Waals surface area contributed by atoms with Gasteiger partial charge in [-0.2, -0.15) is 0 Å². The number of hydrogen-bond donors (Lipinski definition) is 2. The Bertz CT molecular complexity index is 346. The van der Waals surface area contributed by atoms with Crippen molar-refractivity contribution in [2.75, 3.05) is 6.61 Å². The molecule has 96 valence electrons. The molecule has 0 bridgehead atoms. The third-order valence-electron chi connectivity index (χ3n) is 2.60. The second kappa shape index (κ2) is 7.41. The standard InChI is InChI=1S/C13H20BrNOS/c1-9(7-8-16)17-13(10(2)15)11-5-3-4-6-12(11)14/h3-6,9-10,13,16H,7-8,15H2,1-2H3. The predicted octanol–water partition coefficient (Wildman–Crippen LogP) is 3.34.